The molecule has 0 aliphatic rings. The summed E-state index contributed by atoms with van der Waals surface area (Å²) in [7, 11) is 0. The first-order chi connectivity index (χ1) is 6.41. The number of carbonyl (C=O) groups is 1. The first-order valence-corrected chi connectivity index (χ1v) is 5.08. The highest BCUT2D eigenvalue weighted by molar-refractivity contribution is 5.94. The predicted octanol–water partition coefficient (Wildman–Crippen LogP) is 3.27. The molecule has 0 aliphatic carbocycles. The van der Waals surface area contributed by atoms with Gasteiger partial charge in [-0.2, -0.15) is 0 Å². The van der Waals surface area contributed by atoms with Crippen molar-refractivity contribution in [3.63, 3.8) is 0 Å². The Morgan fingerprint density at radius 3 is 2.57 bits per heavy atom. The van der Waals surface area contributed by atoms with Gasteiger partial charge in [0.1, 0.15) is 0 Å². The van der Waals surface area contributed by atoms with Gasteiger partial charge in [-0.3, -0.25) is 4.79 Å². The summed E-state index contributed by atoms with van der Waals surface area (Å²) in [6, 6.07) is 3.69. The molecule has 0 amide bonds. The van der Waals surface area contributed by atoms with Crippen LogP contribution in [0.4, 0.5) is 0 Å². The maximum Gasteiger partial charge on any atom is 0.179 e. The van der Waals surface area contributed by atoms with Gasteiger partial charge >= 0.3 is 0 Å². The Balaban J connectivity index is 2.58. The lowest BCUT2D eigenvalue weighted by atomic mass is 9.79. The van der Waals surface area contributed by atoms with Crippen molar-refractivity contribution in [1.29, 1.82) is 0 Å². The molecule has 1 aromatic heterocycles. The number of hydrogen-bond acceptors (Lipinski definition) is 1. The quantitative estimate of drug-likeness (QED) is 0.734. The Morgan fingerprint density at radius 2 is 2.14 bits per heavy atom. The highest BCUT2D eigenvalue weighted by atomic mass is 16.1. The van der Waals surface area contributed by atoms with Crippen molar-refractivity contribution in [1.82, 2.24) is 4.98 Å². The van der Waals surface area contributed by atoms with E-state index in [4.69, 9.17) is 0 Å². The second kappa shape index (κ2) is 3.99. The van der Waals surface area contributed by atoms with Crippen LogP contribution < -0.4 is 0 Å². The molecule has 0 aliphatic heterocycles. The summed E-state index contributed by atoms with van der Waals surface area (Å²) in [6.45, 7) is 8.62. The van der Waals surface area contributed by atoms with Gasteiger partial charge in [0.2, 0.25) is 0 Å². The fourth-order valence-corrected chi connectivity index (χ4v) is 1.20. The van der Waals surface area contributed by atoms with Gasteiger partial charge in [0.15, 0.2) is 5.78 Å². The van der Waals surface area contributed by atoms with E-state index in [1.807, 2.05) is 12.1 Å². The number of carbonyl (C=O) groups excluding carboxylic acids is 1. The number of H-pyrrole nitrogens is 1. The molecule has 1 atom stereocenters. The number of aromatic amines is 1. The zero-order chi connectivity index (χ0) is 10.8. The standard InChI is InChI=1S/C12H19NO/c1-9(12(2,3)4)8-11(14)10-6-5-7-13-10/h5-7,9,13H,8H2,1-4H3. The van der Waals surface area contributed by atoms with Crippen LogP contribution >= 0.6 is 0 Å². The second-order valence-electron chi connectivity index (χ2n) is 4.98. The largest absolute Gasteiger partial charge is 0.359 e. The normalized spacial score (nSPS) is 14.0. The zero-order valence-electron chi connectivity index (χ0n) is 9.42. The minimum Gasteiger partial charge on any atom is -0.359 e. The Hall–Kier alpha value is -1.05. The van der Waals surface area contributed by atoms with Crippen LogP contribution in [0.1, 0.15) is 44.6 Å². The van der Waals surface area contributed by atoms with E-state index in [1.165, 1.54) is 0 Å². The maximum atomic E-state index is 11.7. The van der Waals surface area contributed by atoms with Gasteiger partial charge in [-0.25, -0.2) is 0 Å². The molecule has 1 N–H and O–H groups in total. The van der Waals surface area contributed by atoms with Crippen LogP contribution in [-0.2, 0) is 0 Å². The molecule has 14 heavy (non-hydrogen) atoms. The van der Waals surface area contributed by atoms with Crippen molar-refractivity contribution < 1.29 is 4.79 Å². The Labute approximate surface area is 85.7 Å². The number of nitrogens with one attached hydrogen (secondary N) is 1. The molecule has 0 fully saturated rings. The van der Waals surface area contributed by atoms with Crippen LogP contribution in [0.25, 0.3) is 0 Å². The molecule has 0 bridgehead atoms. The van der Waals surface area contributed by atoms with Gasteiger partial charge < -0.3 is 4.98 Å². The molecule has 1 heterocycles. The summed E-state index contributed by atoms with van der Waals surface area (Å²) in [6.07, 6.45) is 2.40. The lowest BCUT2D eigenvalue weighted by molar-refractivity contribution is 0.0923. The van der Waals surface area contributed by atoms with E-state index in [1.54, 1.807) is 6.20 Å². The van der Waals surface area contributed by atoms with Gasteiger partial charge in [-0.05, 0) is 23.5 Å². The molecule has 0 radical (unpaired) electrons. The van der Waals surface area contributed by atoms with Gasteiger partial charge in [-0.15, -0.1) is 0 Å². The van der Waals surface area contributed by atoms with Crippen molar-refractivity contribution >= 4 is 5.78 Å². The summed E-state index contributed by atoms with van der Waals surface area (Å²) in [4.78, 5) is 14.7. The van der Waals surface area contributed by atoms with Crippen LogP contribution in [0, 0.1) is 11.3 Å². The Morgan fingerprint density at radius 1 is 1.50 bits per heavy atom. The molecular formula is C12H19NO. The topological polar surface area (TPSA) is 32.9 Å². The first kappa shape index (κ1) is 11.0. The molecule has 0 aromatic carbocycles. The third-order valence-corrected chi connectivity index (χ3v) is 2.87. The molecule has 2 heteroatoms. The smallest absolute Gasteiger partial charge is 0.179 e. The van der Waals surface area contributed by atoms with E-state index in [0.29, 0.717) is 12.3 Å². The van der Waals surface area contributed by atoms with Crippen molar-refractivity contribution in [2.45, 2.75) is 34.1 Å². The molecule has 1 rings (SSSR count). The van der Waals surface area contributed by atoms with E-state index in [2.05, 4.69) is 32.7 Å². The van der Waals surface area contributed by atoms with E-state index in [-0.39, 0.29) is 11.2 Å². The number of Topliss-reactive ketones (excluding diaryl/α,β-unsaturated/α-hetero) is 1. The SMILES string of the molecule is CC(CC(=O)c1ccc[nH]1)C(C)(C)C. The summed E-state index contributed by atoms with van der Waals surface area (Å²) in [5.41, 5.74) is 0.920. The van der Waals surface area contributed by atoms with Crippen molar-refractivity contribution in [3.8, 4) is 0 Å². The number of hydrogen-bond donors (Lipinski definition) is 1. The molecule has 0 saturated heterocycles. The summed E-state index contributed by atoms with van der Waals surface area (Å²) in [5, 5.41) is 0. The molecular weight excluding hydrogens is 174 g/mol. The molecule has 78 valence electrons. The van der Waals surface area contributed by atoms with Crippen LogP contribution in [0.15, 0.2) is 18.3 Å². The van der Waals surface area contributed by atoms with Gasteiger partial charge in [0, 0.05) is 12.6 Å². The van der Waals surface area contributed by atoms with Gasteiger partial charge in [0.05, 0.1) is 5.69 Å². The maximum absolute atomic E-state index is 11.7. The van der Waals surface area contributed by atoms with Crippen LogP contribution in [-0.4, -0.2) is 10.8 Å². The molecule has 0 saturated carbocycles. The molecule has 0 spiro atoms. The minimum absolute atomic E-state index is 0.197. The number of ketones is 1. The second-order valence-corrected chi connectivity index (χ2v) is 4.98. The Kier molecular flexibility index (Phi) is 3.14. The van der Waals surface area contributed by atoms with E-state index >= 15 is 0 Å². The fourth-order valence-electron chi connectivity index (χ4n) is 1.20. The third kappa shape index (κ3) is 2.72. The fraction of sp³-hybridized carbons (Fsp3) is 0.583. The number of aromatic nitrogens is 1. The lowest BCUT2D eigenvalue weighted by Gasteiger charge is -2.26. The summed E-state index contributed by atoms with van der Waals surface area (Å²) in [5.74, 6) is 0.607. The van der Waals surface area contributed by atoms with E-state index in [9.17, 15) is 4.79 Å². The van der Waals surface area contributed by atoms with E-state index < -0.39 is 0 Å². The third-order valence-electron chi connectivity index (χ3n) is 2.87. The van der Waals surface area contributed by atoms with Crippen LogP contribution in [0.3, 0.4) is 0 Å². The monoisotopic (exact) mass is 193 g/mol. The summed E-state index contributed by atoms with van der Waals surface area (Å²) < 4.78 is 0. The van der Waals surface area contributed by atoms with Crippen LogP contribution in [0.5, 0.6) is 0 Å². The van der Waals surface area contributed by atoms with Crippen molar-refractivity contribution in [2.75, 3.05) is 0 Å². The predicted molar refractivity (Wildman–Crippen MR) is 58.4 cm³/mol. The minimum atomic E-state index is 0.197. The molecule has 2 nitrogen and oxygen atoms in total. The Bertz CT molecular complexity index is 293. The lowest BCUT2D eigenvalue weighted by Crippen LogP contribution is -2.20. The number of rotatable bonds is 3. The average molecular weight is 193 g/mol. The summed E-state index contributed by atoms with van der Waals surface area (Å²) >= 11 is 0. The highest BCUT2D eigenvalue weighted by Crippen LogP contribution is 2.28. The molecule has 1 aromatic rings. The average Bonchev–Trinajstić information content (AvgIpc) is 2.53. The highest BCUT2D eigenvalue weighted by Gasteiger charge is 2.23. The van der Waals surface area contributed by atoms with Gasteiger partial charge in [-0.1, -0.05) is 27.7 Å². The van der Waals surface area contributed by atoms with E-state index in [0.717, 1.165) is 5.69 Å². The molecule has 1 unspecified atom stereocenters. The van der Waals surface area contributed by atoms with Crippen LogP contribution in [0.2, 0.25) is 0 Å². The van der Waals surface area contributed by atoms with Gasteiger partial charge in [0.25, 0.3) is 0 Å². The van der Waals surface area contributed by atoms with Crippen molar-refractivity contribution in [3.05, 3.63) is 24.0 Å². The first-order valence-electron chi connectivity index (χ1n) is 5.08. The zero-order valence-corrected chi connectivity index (χ0v) is 9.42. The van der Waals surface area contributed by atoms with Crippen molar-refractivity contribution in [2.24, 2.45) is 11.3 Å².